The standard InChI is InChI=1S/C16H20N2O4/c1-2-21-16(20)18-8-12-13(9-18)14(12)17-15(19)22-10-11-6-4-3-5-7-11/h3-7,12-14H,2,8-10H2,1H3,(H,17,19). The molecule has 22 heavy (non-hydrogen) atoms. The summed E-state index contributed by atoms with van der Waals surface area (Å²) >= 11 is 0. The second-order valence-corrected chi connectivity index (χ2v) is 5.66. The quantitative estimate of drug-likeness (QED) is 0.924. The second kappa shape index (κ2) is 6.25. The van der Waals surface area contributed by atoms with Gasteiger partial charge < -0.3 is 19.7 Å². The number of fused-ring (bicyclic) bond motifs is 1. The Hall–Kier alpha value is -2.24. The first-order chi connectivity index (χ1) is 10.7. The molecular weight excluding hydrogens is 284 g/mol. The largest absolute Gasteiger partial charge is 0.450 e. The van der Waals surface area contributed by atoms with Gasteiger partial charge in [0, 0.05) is 31.0 Å². The number of amides is 2. The molecule has 1 saturated heterocycles. The number of piperidine rings is 1. The van der Waals surface area contributed by atoms with Gasteiger partial charge in [0.25, 0.3) is 0 Å². The Labute approximate surface area is 129 Å². The molecule has 0 bridgehead atoms. The average Bonchev–Trinajstić information content (AvgIpc) is 2.97. The van der Waals surface area contributed by atoms with Crippen LogP contribution in [0, 0.1) is 11.8 Å². The molecule has 1 heterocycles. The van der Waals surface area contributed by atoms with Gasteiger partial charge in [-0.2, -0.15) is 0 Å². The topological polar surface area (TPSA) is 67.9 Å². The first-order valence-corrected chi connectivity index (χ1v) is 7.58. The first kappa shape index (κ1) is 14.7. The van der Waals surface area contributed by atoms with Gasteiger partial charge in [-0.15, -0.1) is 0 Å². The molecule has 2 fully saturated rings. The van der Waals surface area contributed by atoms with E-state index in [9.17, 15) is 9.59 Å². The summed E-state index contributed by atoms with van der Waals surface area (Å²) in [5.41, 5.74) is 0.960. The van der Waals surface area contributed by atoms with E-state index in [0.717, 1.165) is 5.56 Å². The van der Waals surface area contributed by atoms with Gasteiger partial charge in [-0.25, -0.2) is 9.59 Å². The van der Waals surface area contributed by atoms with Gasteiger partial charge in [-0.3, -0.25) is 0 Å². The molecule has 1 aromatic rings. The van der Waals surface area contributed by atoms with Gasteiger partial charge in [0.15, 0.2) is 0 Å². The lowest BCUT2D eigenvalue weighted by Gasteiger charge is -2.19. The molecule has 2 amide bonds. The number of nitrogens with one attached hydrogen (secondary N) is 1. The smallest absolute Gasteiger partial charge is 0.409 e. The molecule has 2 atom stereocenters. The van der Waals surface area contributed by atoms with Crippen LogP contribution in [-0.4, -0.2) is 42.8 Å². The van der Waals surface area contributed by atoms with Crippen LogP contribution in [0.3, 0.4) is 0 Å². The second-order valence-electron chi connectivity index (χ2n) is 5.66. The number of likely N-dealkylation sites (tertiary alicyclic amines) is 1. The number of carbonyl (C=O) groups excluding carboxylic acids is 2. The van der Waals surface area contributed by atoms with E-state index < -0.39 is 6.09 Å². The van der Waals surface area contributed by atoms with Crippen LogP contribution < -0.4 is 5.32 Å². The zero-order valence-electron chi connectivity index (χ0n) is 12.5. The van der Waals surface area contributed by atoms with E-state index in [1.165, 1.54) is 0 Å². The number of alkyl carbamates (subject to hydrolysis) is 1. The van der Waals surface area contributed by atoms with Crippen molar-refractivity contribution < 1.29 is 19.1 Å². The fourth-order valence-electron chi connectivity index (χ4n) is 3.01. The number of hydrogen-bond acceptors (Lipinski definition) is 4. The lowest BCUT2D eigenvalue weighted by molar-refractivity contribution is 0.109. The van der Waals surface area contributed by atoms with E-state index >= 15 is 0 Å². The number of ether oxygens (including phenoxy) is 2. The molecule has 118 valence electrons. The highest BCUT2D eigenvalue weighted by Gasteiger charge is 2.58. The molecule has 6 nitrogen and oxygen atoms in total. The van der Waals surface area contributed by atoms with Gasteiger partial charge in [0.1, 0.15) is 6.61 Å². The molecule has 0 spiro atoms. The predicted molar refractivity (Wildman–Crippen MR) is 79.1 cm³/mol. The van der Waals surface area contributed by atoms with Crippen molar-refractivity contribution in [3.63, 3.8) is 0 Å². The van der Waals surface area contributed by atoms with Crippen molar-refractivity contribution in [1.82, 2.24) is 10.2 Å². The highest BCUT2D eigenvalue weighted by atomic mass is 16.6. The zero-order valence-corrected chi connectivity index (χ0v) is 12.5. The minimum Gasteiger partial charge on any atom is -0.450 e. The Morgan fingerprint density at radius 2 is 1.86 bits per heavy atom. The maximum Gasteiger partial charge on any atom is 0.409 e. The fourth-order valence-corrected chi connectivity index (χ4v) is 3.01. The Balaban J connectivity index is 1.38. The Morgan fingerprint density at radius 1 is 1.18 bits per heavy atom. The van der Waals surface area contributed by atoms with Crippen LogP contribution in [0.5, 0.6) is 0 Å². The van der Waals surface area contributed by atoms with E-state index in [0.29, 0.717) is 31.5 Å². The molecule has 6 heteroatoms. The summed E-state index contributed by atoms with van der Waals surface area (Å²) in [6.45, 7) is 3.74. The Morgan fingerprint density at radius 3 is 2.50 bits per heavy atom. The molecule has 1 N–H and O–H groups in total. The minimum absolute atomic E-state index is 0.119. The summed E-state index contributed by atoms with van der Waals surface area (Å²) in [6, 6.07) is 9.68. The van der Waals surface area contributed by atoms with Crippen molar-refractivity contribution in [2.45, 2.75) is 19.6 Å². The maximum atomic E-state index is 11.8. The molecule has 1 aliphatic carbocycles. The molecule has 0 aromatic heterocycles. The van der Waals surface area contributed by atoms with Crippen LogP contribution in [0.25, 0.3) is 0 Å². The van der Waals surface area contributed by atoms with E-state index in [1.807, 2.05) is 30.3 Å². The van der Waals surface area contributed by atoms with Crippen LogP contribution in [-0.2, 0) is 16.1 Å². The lowest BCUT2D eigenvalue weighted by Crippen LogP contribution is -2.37. The van der Waals surface area contributed by atoms with Crippen molar-refractivity contribution in [3.05, 3.63) is 35.9 Å². The lowest BCUT2D eigenvalue weighted by atomic mass is 10.2. The molecule has 2 unspecified atom stereocenters. The number of rotatable bonds is 4. The van der Waals surface area contributed by atoms with E-state index in [1.54, 1.807) is 11.8 Å². The SMILES string of the molecule is CCOC(=O)N1CC2C(C1)C2NC(=O)OCc1ccccc1. The third-order valence-electron chi connectivity index (χ3n) is 4.22. The zero-order chi connectivity index (χ0) is 15.5. The summed E-state index contributed by atoms with van der Waals surface area (Å²) in [5, 5.41) is 2.88. The summed E-state index contributed by atoms with van der Waals surface area (Å²) < 4.78 is 10.2. The van der Waals surface area contributed by atoms with Gasteiger partial charge >= 0.3 is 12.2 Å². The average molecular weight is 304 g/mol. The summed E-state index contributed by atoms with van der Waals surface area (Å²) in [7, 11) is 0. The Kier molecular flexibility index (Phi) is 4.18. The fraction of sp³-hybridized carbons (Fsp3) is 0.500. The number of hydrogen-bond donors (Lipinski definition) is 1. The summed E-state index contributed by atoms with van der Waals surface area (Å²) in [5.74, 6) is 0.655. The highest BCUT2D eigenvalue weighted by Crippen LogP contribution is 2.45. The van der Waals surface area contributed by atoms with Crippen LogP contribution in [0.4, 0.5) is 9.59 Å². The van der Waals surface area contributed by atoms with Gasteiger partial charge in [-0.1, -0.05) is 30.3 Å². The summed E-state index contributed by atoms with van der Waals surface area (Å²) in [6.07, 6.45) is -0.661. The highest BCUT2D eigenvalue weighted by molar-refractivity contribution is 5.70. The normalized spacial score (nSPS) is 25.3. The third-order valence-corrected chi connectivity index (χ3v) is 4.22. The van der Waals surface area contributed by atoms with Crippen molar-refractivity contribution >= 4 is 12.2 Å². The van der Waals surface area contributed by atoms with Gasteiger partial charge in [-0.05, 0) is 12.5 Å². The Bertz CT molecular complexity index is 536. The third kappa shape index (κ3) is 3.16. The van der Waals surface area contributed by atoms with E-state index in [-0.39, 0.29) is 18.7 Å². The van der Waals surface area contributed by atoms with Crippen molar-refractivity contribution in [2.75, 3.05) is 19.7 Å². The molecule has 1 saturated carbocycles. The molecule has 1 aromatic carbocycles. The van der Waals surface area contributed by atoms with Gasteiger partial charge in [0.2, 0.25) is 0 Å². The maximum absolute atomic E-state index is 11.8. The van der Waals surface area contributed by atoms with Crippen LogP contribution in [0.1, 0.15) is 12.5 Å². The van der Waals surface area contributed by atoms with Crippen molar-refractivity contribution in [3.8, 4) is 0 Å². The van der Waals surface area contributed by atoms with Crippen molar-refractivity contribution in [1.29, 1.82) is 0 Å². The van der Waals surface area contributed by atoms with Crippen LogP contribution in [0.15, 0.2) is 30.3 Å². The number of nitrogens with zero attached hydrogens (tertiary/aromatic N) is 1. The summed E-state index contributed by atoms with van der Waals surface area (Å²) in [4.78, 5) is 25.1. The van der Waals surface area contributed by atoms with Crippen LogP contribution >= 0.6 is 0 Å². The van der Waals surface area contributed by atoms with E-state index in [4.69, 9.17) is 9.47 Å². The van der Waals surface area contributed by atoms with Crippen LogP contribution in [0.2, 0.25) is 0 Å². The monoisotopic (exact) mass is 304 g/mol. The van der Waals surface area contributed by atoms with Gasteiger partial charge in [0.05, 0.1) is 6.61 Å². The predicted octanol–water partition coefficient (Wildman–Crippen LogP) is 2.00. The van der Waals surface area contributed by atoms with Crippen molar-refractivity contribution in [2.24, 2.45) is 11.8 Å². The molecule has 2 aliphatic rings. The molecular formula is C16H20N2O4. The molecule has 1 aliphatic heterocycles. The number of carbonyl (C=O) groups is 2. The number of benzene rings is 1. The molecule has 0 radical (unpaired) electrons. The van der Waals surface area contributed by atoms with E-state index in [2.05, 4.69) is 5.32 Å². The molecule has 3 rings (SSSR count). The first-order valence-electron chi connectivity index (χ1n) is 7.58. The minimum atomic E-state index is -0.397.